The summed E-state index contributed by atoms with van der Waals surface area (Å²) < 4.78 is 1.04. The van der Waals surface area contributed by atoms with Gasteiger partial charge < -0.3 is 5.11 Å². The molecule has 1 aliphatic carbocycles. The largest absolute Gasteiger partial charge is 0.388 e. The second-order valence-electron chi connectivity index (χ2n) is 6.10. The molecule has 2 atom stereocenters. The minimum Gasteiger partial charge on any atom is -0.388 e. The monoisotopic (exact) mass is 344 g/mol. The number of aliphatic hydroxyl groups is 1. The van der Waals surface area contributed by atoms with Crippen LogP contribution in [0.2, 0.25) is 0 Å². The molecule has 0 radical (unpaired) electrons. The minimum absolute atomic E-state index is 0.391. The normalized spacial score (nSPS) is 19.1. The fourth-order valence-corrected chi connectivity index (χ4v) is 4.09. The number of fused-ring (bicyclic) bond motifs is 1. The smallest absolute Gasteiger partial charge is 0.0796 e. The Labute approximate surface area is 135 Å². The van der Waals surface area contributed by atoms with Gasteiger partial charge in [0.05, 0.1) is 6.10 Å². The molecule has 3 rings (SSSR count). The maximum absolute atomic E-state index is 10.6. The third-order valence-electron chi connectivity index (χ3n) is 4.45. The standard InChI is InChI=1S/C19H21BrO/c1-13-9-16(11-17(20)10-13)19(21)12-15-7-4-6-14-5-2-3-8-18(14)15/h2-3,5,8-11,15,19,21H,4,6-7,12H2,1H3. The molecule has 0 bridgehead atoms. The Hall–Kier alpha value is -1.12. The molecule has 1 nitrogen and oxygen atoms in total. The summed E-state index contributed by atoms with van der Waals surface area (Å²) in [6.07, 6.45) is 4.01. The Morgan fingerprint density at radius 3 is 2.86 bits per heavy atom. The first-order valence-corrected chi connectivity index (χ1v) is 8.46. The molecule has 0 aliphatic heterocycles. The van der Waals surface area contributed by atoms with Crippen molar-refractivity contribution in [3.8, 4) is 0 Å². The van der Waals surface area contributed by atoms with Crippen LogP contribution in [-0.2, 0) is 6.42 Å². The topological polar surface area (TPSA) is 20.2 Å². The lowest BCUT2D eigenvalue weighted by molar-refractivity contribution is 0.154. The van der Waals surface area contributed by atoms with Crippen LogP contribution in [-0.4, -0.2) is 5.11 Å². The molecule has 0 saturated carbocycles. The molecule has 0 saturated heterocycles. The molecule has 2 heteroatoms. The Morgan fingerprint density at radius 2 is 2.05 bits per heavy atom. The maximum atomic E-state index is 10.6. The lowest BCUT2D eigenvalue weighted by Gasteiger charge is -2.27. The van der Waals surface area contributed by atoms with E-state index in [2.05, 4.69) is 59.3 Å². The van der Waals surface area contributed by atoms with Gasteiger partial charge in [0.1, 0.15) is 0 Å². The van der Waals surface area contributed by atoms with Crippen LogP contribution in [0.4, 0.5) is 0 Å². The average molecular weight is 345 g/mol. The lowest BCUT2D eigenvalue weighted by Crippen LogP contribution is -2.13. The zero-order chi connectivity index (χ0) is 14.8. The molecular weight excluding hydrogens is 324 g/mol. The molecular formula is C19H21BrO. The third-order valence-corrected chi connectivity index (χ3v) is 4.91. The summed E-state index contributed by atoms with van der Waals surface area (Å²) in [4.78, 5) is 0. The van der Waals surface area contributed by atoms with Crippen molar-refractivity contribution in [3.05, 3.63) is 69.2 Å². The summed E-state index contributed by atoms with van der Waals surface area (Å²) >= 11 is 3.52. The van der Waals surface area contributed by atoms with Gasteiger partial charge in [-0.25, -0.2) is 0 Å². The van der Waals surface area contributed by atoms with Crippen LogP contribution in [0.15, 0.2) is 46.9 Å². The number of hydrogen-bond acceptors (Lipinski definition) is 1. The predicted molar refractivity (Wildman–Crippen MR) is 90.6 cm³/mol. The van der Waals surface area contributed by atoms with Crippen molar-refractivity contribution in [2.75, 3.05) is 0 Å². The molecule has 2 aromatic carbocycles. The van der Waals surface area contributed by atoms with Crippen LogP contribution in [0.3, 0.4) is 0 Å². The molecule has 1 aliphatic rings. The van der Waals surface area contributed by atoms with Crippen LogP contribution in [0.25, 0.3) is 0 Å². The molecule has 1 N–H and O–H groups in total. The lowest BCUT2D eigenvalue weighted by atomic mass is 9.79. The van der Waals surface area contributed by atoms with E-state index in [9.17, 15) is 5.11 Å². The van der Waals surface area contributed by atoms with Gasteiger partial charge in [0.2, 0.25) is 0 Å². The van der Waals surface area contributed by atoms with Crippen molar-refractivity contribution < 1.29 is 5.11 Å². The van der Waals surface area contributed by atoms with Crippen LogP contribution >= 0.6 is 15.9 Å². The van der Waals surface area contributed by atoms with Gasteiger partial charge in [-0.15, -0.1) is 0 Å². The van der Waals surface area contributed by atoms with Crippen LogP contribution in [0.1, 0.15) is 53.5 Å². The molecule has 0 amide bonds. The van der Waals surface area contributed by atoms with E-state index in [1.54, 1.807) is 0 Å². The van der Waals surface area contributed by atoms with E-state index in [1.165, 1.54) is 36.0 Å². The second-order valence-corrected chi connectivity index (χ2v) is 7.02. The highest BCUT2D eigenvalue weighted by atomic mass is 79.9. The minimum atomic E-state index is -0.391. The van der Waals surface area contributed by atoms with Gasteiger partial charge in [-0.1, -0.05) is 46.3 Å². The van der Waals surface area contributed by atoms with E-state index in [4.69, 9.17) is 0 Å². The molecule has 21 heavy (non-hydrogen) atoms. The van der Waals surface area contributed by atoms with Crippen molar-refractivity contribution in [2.24, 2.45) is 0 Å². The van der Waals surface area contributed by atoms with E-state index in [0.717, 1.165) is 16.5 Å². The SMILES string of the molecule is Cc1cc(Br)cc(C(O)CC2CCCc3ccccc32)c1. The Balaban J connectivity index is 1.81. The van der Waals surface area contributed by atoms with Gasteiger partial charge in [0, 0.05) is 4.47 Å². The van der Waals surface area contributed by atoms with E-state index in [-0.39, 0.29) is 0 Å². The van der Waals surface area contributed by atoms with Crippen LogP contribution < -0.4 is 0 Å². The number of hydrogen-bond donors (Lipinski definition) is 1. The number of rotatable bonds is 3. The van der Waals surface area contributed by atoms with Gasteiger partial charge >= 0.3 is 0 Å². The molecule has 0 spiro atoms. The number of aliphatic hydroxyl groups excluding tert-OH is 1. The summed E-state index contributed by atoms with van der Waals surface area (Å²) in [6, 6.07) is 14.9. The predicted octanol–water partition coefficient (Wildman–Crippen LogP) is 5.30. The van der Waals surface area contributed by atoms with Gasteiger partial charge in [0.25, 0.3) is 0 Å². The number of aryl methyl sites for hydroxylation is 2. The summed E-state index contributed by atoms with van der Waals surface area (Å²) in [5.41, 5.74) is 5.10. The van der Waals surface area contributed by atoms with Gasteiger partial charge in [-0.2, -0.15) is 0 Å². The van der Waals surface area contributed by atoms with Crippen molar-refractivity contribution in [1.29, 1.82) is 0 Å². The average Bonchev–Trinajstić information content (AvgIpc) is 2.46. The van der Waals surface area contributed by atoms with E-state index in [0.29, 0.717) is 5.92 Å². The van der Waals surface area contributed by atoms with Gasteiger partial charge in [-0.05, 0) is 72.9 Å². The van der Waals surface area contributed by atoms with Gasteiger partial charge in [0.15, 0.2) is 0 Å². The summed E-state index contributed by atoms with van der Waals surface area (Å²) in [5, 5.41) is 10.6. The van der Waals surface area contributed by atoms with Crippen molar-refractivity contribution in [1.82, 2.24) is 0 Å². The second kappa shape index (κ2) is 6.33. The molecule has 2 unspecified atom stereocenters. The molecule has 110 valence electrons. The van der Waals surface area contributed by atoms with E-state index >= 15 is 0 Å². The zero-order valence-electron chi connectivity index (χ0n) is 12.3. The molecule has 0 heterocycles. The Bertz CT molecular complexity index is 615. The Morgan fingerprint density at radius 1 is 1.24 bits per heavy atom. The van der Waals surface area contributed by atoms with Crippen LogP contribution in [0.5, 0.6) is 0 Å². The van der Waals surface area contributed by atoms with Crippen LogP contribution in [0, 0.1) is 6.92 Å². The summed E-state index contributed by atoms with van der Waals surface area (Å²) in [6.45, 7) is 2.07. The maximum Gasteiger partial charge on any atom is 0.0796 e. The van der Waals surface area contributed by atoms with Crippen molar-refractivity contribution >= 4 is 15.9 Å². The van der Waals surface area contributed by atoms with Gasteiger partial charge in [-0.3, -0.25) is 0 Å². The summed E-state index contributed by atoms with van der Waals surface area (Å²) in [5.74, 6) is 0.476. The molecule has 0 fully saturated rings. The van der Waals surface area contributed by atoms with Crippen molar-refractivity contribution in [3.63, 3.8) is 0 Å². The first-order chi connectivity index (χ1) is 10.1. The highest BCUT2D eigenvalue weighted by Crippen LogP contribution is 2.38. The first-order valence-electron chi connectivity index (χ1n) is 7.66. The van der Waals surface area contributed by atoms with E-state index < -0.39 is 6.10 Å². The first kappa shape index (κ1) is 14.8. The van der Waals surface area contributed by atoms with Crippen molar-refractivity contribution in [2.45, 2.75) is 44.6 Å². The van der Waals surface area contributed by atoms with E-state index in [1.807, 2.05) is 6.07 Å². The molecule has 0 aromatic heterocycles. The zero-order valence-corrected chi connectivity index (χ0v) is 13.9. The molecule has 2 aromatic rings. The fraction of sp³-hybridized carbons (Fsp3) is 0.368. The highest BCUT2D eigenvalue weighted by Gasteiger charge is 2.23. The number of halogens is 1. The fourth-order valence-electron chi connectivity index (χ4n) is 3.46. The third kappa shape index (κ3) is 3.38. The summed E-state index contributed by atoms with van der Waals surface area (Å²) in [7, 11) is 0. The highest BCUT2D eigenvalue weighted by molar-refractivity contribution is 9.10. The number of benzene rings is 2. The Kier molecular flexibility index (Phi) is 4.46. The quantitative estimate of drug-likeness (QED) is 0.800.